The Hall–Kier alpha value is -2.44. The highest BCUT2D eigenvalue weighted by Crippen LogP contribution is 2.39. The molecule has 0 aliphatic carbocycles. The first-order valence-electron chi connectivity index (χ1n) is 8.54. The van der Waals surface area contributed by atoms with Crippen molar-refractivity contribution in [2.45, 2.75) is 13.0 Å². The third-order valence-corrected chi connectivity index (χ3v) is 5.65. The number of amides is 1. The van der Waals surface area contributed by atoms with Crippen molar-refractivity contribution in [3.05, 3.63) is 67.7 Å². The van der Waals surface area contributed by atoms with Crippen LogP contribution in [0.4, 0.5) is 0 Å². The zero-order chi connectivity index (χ0) is 18.4. The lowest BCUT2D eigenvalue weighted by molar-refractivity contribution is 0.0718. The summed E-state index contributed by atoms with van der Waals surface area (Å²) in [6.07, 6.45) is 0. The zero-order valence-corrected chi connectivity index (χ0v) is 15.8. The summed E-state index contributed by atoms with van der Waals surface area (Å²) in [5.41, 5.74) is 1.82. The van der Waals surface area contributed by atoms with Crippen LogP contribution in [0.5, 0.6) is 0 Å². The van der Waals surface area contributed by atoms with Crippen LogP contribution in [-0.2, 0) is 0 Å². The summed E-state index contributed by atoms with van der Waals surface area (Å²) in [7, 11) is 3.93. The Labute approximate surface area is 155 Å². The standard InChI is InChI=1S/C20H20N2O3S/c1-12-6-7-14-13(11-12)18(23)16-17(15-5-4-10-26-15)22(9-8-21(2)3)20(24)19(16)25-14/h4-7,10-11,17H,8-9H2,1-3H3/t17-/m1/s1. The Balaban J connectivity index is 1.94. The molecule has 0 saturated heterocycles. The molecule has 0 unspecified atom stereocenters. The summed E-state index contributed by atoms with van der Waals surface area (Å²) in [6.45, 7) is 3.19. The Morgan fingerprint density at radius 1 is 1.23 bits per heavy atom. The average molecular weight is 368 g/mol. The molecule has 0 saturated carbocycles. The first kappa shape index (κ1) is 17.0. The van der Waals surface area contributed by atoms with Crippen molar-refractivity contribution in [3.8, 4) is 0 Å². The Morgan fingerprint density at radius 2 is 2.04 bits per heavy atom. The third kappa shape index (κ3) is 2.66. The SMILES string of the molecule is Cc1ccc2oc3c(c(=O)c2c1)[C@@H](c1cccs1)N(CCN(C)C)C3=O. The van der Waals surface area contributed by atoms with Gasteiger partial charge in [0.25, 0.3) is 5.91 Å². The Kier molecular flexibility index (Phi) is 4.17. The smallest absolute Gasteiger partial charge is 0.290 e. The van der Waals surface area contributed by atoms with Gasteiger partial charge in [-0.2, -0.15) is 0 Å². The summed E-state index contributed by atoms with van der Waals surface area (Å²) < 4.78 is 5.92. The molecule has 4 rings (SSSR count). The molecule has 1 aromatic carbocycles. The van der Waals surface area contributed by atoms with Crippen LogP contribution in [0.3, 0.4) is 0 Å². The largest absolute Gasteiger partial charge is 0.450 e. The molecule has 26 heavy (non-hydrogen) atoms. The molecule has 1 aliphatic rings. The molecular formula is C20H20N2O3S. The fourth-order valence-electron chi connectivity index (χ4n) is 3.42. The van der Waals surface area contributed by atoms with E-state index in [4.69, 9.17) is 4.42 Å². The number of benzene rings is 1. The highest BCUT2D eigenvalue weighted by atomic mass is 32.1. The lowest BCUT2D eigenvalue weighted by Crippen LogP contribution is -2.35. The maximum Gasteiger partial charge on any atom is 0.290 e. The molecule has 2 aromatic heterocycles. The van der Waals surface area contributed by atoms with Gasteiger partial charge in [0.05, 0.1) is 17.0 Å². The highest BCUT2D eigenvalue weighted by Gasteiger charge is 2.42. The second-order valence-corrected chi connectivity index (χ2v) is 7.87. The molecule has 0 radical (unpaired) electrons. The maximum absolute atomic E-state index is 13.3. The van der Waals surface area contributed by atoms with Crippen LogP contribution in [-0.4, -0.2) is 42.9 Å². The van der Waals surface area contributed by atoms with Crippen molar-refractivity contribution in [2.75, 3.05) is 27.2 Å². The van der Waals surface area contributed by atoms with Gasteiger partial charge >= 0.3 is 0 Å². The van der Waals surface area contributed by atoms with E-state index in [1.54, 1.807) is 22.3 Å². The van der Waals surface area contributed by atoms with E-state index in [1.807, 2.05) is 55.6 Å². The van der Waals surface area contributed by atoms with Crippen molar-refractivity contribution in [3.63, 3.8) is 0 Å². The van der Waals surface area contributed by atoms with Gasteiger partial charge in [-0.05, 0) is 44.6 Å². The van der Waals surface area contributed by atoms with Crippen LogP contribution in [0.1, 0.15) is 32.6 Å². The van der Waals surface area contributed by atoms with Gasteiger partial charge < -0.3 is 14.2 Å². The van der Waals surface area contributed by atoms with Crippen molar-refractivity contribution < 1.29 is 9.21 Å². The quantitative estimate of drug-likeness (QED) is 0.709. The molecule has 0 bridgehead atoms. The number of carbonyl (C=O) groups is 1. The fraction of sp³-hybridized carbons (Fsp3) is 0.300. The number of likely N-dealkylation sites (N-methyl/N-ethyl adjacent to an activating group) is 1. The first-order valence-corrected chi connectivity index (χ1v) is 9.42. The summed E-state index contributed by atoms with van der Waals surface area (Å²) in [6, 6.07) is 9.03. The van der Waals surface area contributed by atoms with Gasteiger partial charge in [0.2, 0.25) is 5.76 Å². The molecule has 134 valence electrons. The minimum Gasteiger partial charge on any atom is -0.450 e. The van der Waals surface area contributed by atoms with E-state index in [0.29, 0.717) is 29.6 Å². The van der Waals surface area contributed by atoms with E-state index >= 15 is 0 Å². The van der Waals surface area contributed by atoms with Gasteiger partial charge in [0.1, 0.15) is 5.58 Å². The second kappa shape index (κ2) is 6.37. The third-order valence-electron chi connectivity index (χ3n) is 4.72. The predicted octanol–water partition coefficient (Wildman–Crippen LogP) is 3.27. The molecule has 1 atom stereocenters. The van der Waals surface area contributed by atoms with Crippen LogP contribution < -0.4 is 5.43 Å². The summed E-state index contributed by atoms with van der Waals surface area (Å²) in [5.74, 6) is -0.0247. The highest BCUT2D eigenvalue weighted by molar-refractivity contribution is 7.10. The summed E-state index contributed by atoms with van der Waals surface area (Å²) in [5, 5.41) is 2.50. The number of nitrogens with zero attached hydrogens (tertiary/aromatic N) is 2. The zero-order valence-electron chi connectivity index (χ0n) is 15.0. The van der Waals surface area contributed by atoms with Crippen molar-refractivity contribution in [2.24, 2.45) is 0 Å². The van der Waals surface area contributed by atoms with E-state index in [1.165, 1.54) is 0 Å². The van der Waals surface area contributed by atoms with Crippen molar-refractivity contribution >= 4 is 28.2 Å². The first-order chi connectivity index (χ1) is 12.5. The molecule has 3 heterocycles. The van der Waals surface area contributed by atoms with Crippen LogP contribution in [0, 0.1) is 6.92 Å². The lowest BCUT2D eigenvalue weighted by atomic mass is 10.0. The summed E-state index contributed by atoms with van der Waals surface area (Å²) in [4.78, 5) is 31.1. The van der Waals surface area contributed by atoms with Crippen LogP contribution in [0.25, 0.3) is 11.0 Å². The van der Waals surface area contributed by atoms with E-state index < -0.39 is 0 Å². The second-order valence-electron chi connectivity index (χ2n) is 6.89. The van der Waals surface area contributed by atoms with Gasteiger partial charge in [-0.25, -0.2) is 0 Å². The van der Waals surface area contributed by atoms with E-state index in [-0.39, 0.29) is 23.1 Å². The topological polar surface area (TPSA) is 53.8 Å². The molecule has 3 aromatic rings. The van der Waals surface area contributed by atoms with Crippen LogP contribution in [0.2, 0.25) is 0 Å². The van der Waals surface area contributed by atoms with Gasteiger partial charge in [0, 0.05) is 18.0 Å². The van der Waals surface area contributed by atoms with E-state index in [9.17, 15) is 9.59 Å². The number of rotatable bonds is 4. The number of fused-ring (bicyclic) bond motifs is 2. The van der Waals surface area contributed by atoms with Gasteiger partial charge in [0.15, 0.2) is 5.43 Å². The number of hydrogen-bond acceptors (Lipinski definition) is 5. The van der Waals surface area contributed by atoms with Gasteiger partial charge in [-0.1, -0.05) is 17.7 Å². The molecule has 1 amide bonds. The number of carbonyl (C=O) groups excluding carboxylic acids is 1. The molecule has 6 heteroatoms. The van der Waals surface area contributed by atoms with Crippen LogP contribution in [0.15, 0.2) is 44.9 Å². The minimum absolute atomic E-state index is 0.107. The average Bonchev–Trinajstić information content (AvgIpc) is 3.21. The summed E-state index contributed by atoms with van der Waals surface area (Å²) >= 11 is 1.55. The maximum atomic E-state index is 13.3. The monoisotopic (exact) mass is 368 g/mol. The lowest BCUT2D eigenvalue weighted by Gasteiger charge is -2.25. The van der Waals surface area contributed by atoms with E-state index in [0.717, 1.165) is 10.4 Å². The normalized spacial score (nSPS) is 16.7. The molecular weight excluding hydrogens is 348 g/mol. The van der Waals surface area contributed by atoms with Crippen molar-refractivity contribution in [1.82, 2.24) is 9.80 Å². The van der Waals surface area contributed by atoms with Crippen LogP contribution >= 0.6 is 11.3 Å². The number of thiophene rings is 1. The minimum atomic E-state index is -0.376. The number of aryl methyl sites for hydroxylation is 1. The molecule has 5 nitrogen and oxygen atoms in total. The molecule has 0 spiro atoms. The molecule has 1 aliphatic heterocycles. The van der Waals surface area contributed by atoms with Gasteiger partial charge in [-0.15, -0.1) is 11.3 Å². The molecule has 0 N–H and O–H groups in total. The number of hydrogen-bond donors (Lipinski definition) is 0. The molecule has 0 fully saturated rings. The predicted molar refractivity (Wildman–Crippen MR) is 103 cm³/mol. The Morgan fingerprint density at radius 3 is 2.73 bits per heavy atom. The fourth-order valence-corrected chi connectivity index (χ4v) is 4.26. The van der Waals surface area contributed by atoms with Crippen molar-refractivity contribution in [1.29, 1.82) is 0 Å². The Bertz CT molecular complexity index is 1040. The van der Waals surface area contributed by atoms with E-state index in [2.05, 4.69) is 0 Å². The van der Waals surface area contributed by atoms with Gasteiger partial charge in [-0.3, -0.25) is 9.59 Å².